The SMILES string of the molecule is CC[C@@H](C)NCc1cn(Cc2ccccc2Cl)c2ccccc12. The number of halogens is 1. The van der Waals surface area contributed by atoms with Crippen LogP contribution in [-0.4, -0.2) is 10.6 Å². The number of hydrogen-bond acceptors (Lipinski definition) is 1. The van der Waals surface area contributed by atoms with E-state index in [1.165, 1.54) is 16.5 Å². The van der Waals surface area contributed by atoms with Gasteiger partial charge in [0.15, 0.2) is 0 Å². The second kappa shape index (κ2) is 7.20. The normalized spacial score (nSPS) is 12.7. The van der Waals surface area contributed by atoms with Gasteiger partial charge in [-0.15, -0.1) is 0 Å². The van der Waals surface area contributed by atoms with Crippen LogP contribution in [0.25, 0.3) is 10.9 Å². The van der Waals surface area contributed by atoms with Crippen molar-refractivity contribution in [3.63, 3.8) is 0 Å². The van der Waals surface area contributed by atoms with Gasteiger partial charge in [0.05, 0.1) is 0 Å². The van der Waals surface area contributed by atoms with Crippen LogP contribution in [0, 0.1) is 0 Å². The number of fused-ring (bicyclic) bond motifs is 1. The second-order valence-electron chi connectivity index (χ2n) is 6.08. The number of hydrogen-bond donors (Lipinski definition) is 1. The molecule has 0 amide bonds. The Morgan fingerprint density at radius 1 is 1.04 bits per heavy atom. The summed E-state index contributed by atoms with van der Waals surface area (Å²) >= 11 is 6.33. The molecule has 0 unspecified atom stereocenters. The molecule has 0 saturated heterocycles. The third-order valence-electron chi connectivity index (χ3n) is 4.42. The quantitative estimate of drug-likeness (QED) is 0.656. The van der Waals surface area contributed by atoms with Gasteiger partial charge in [-0.3, -0.25) is 0 Å². The maximum atomic E-state index is 6.33. The maximum absolute atomic E-state index is 6.33. The largest absolute Gasteiger partial charge is 0.343 e. The predicted octanol–water partition coefficient (Wildman–Crippen LogP) is 5.23. The Morgan fingerprint density at radius 2 is 1.78 bits per heavy atom. The highest BCUT2D eigenvalue weighted by Crippen LogP contribution is 2.24. The number of aromatic nitrogens is 1. The average Bonchev–Trinajstić information content (AvgIpc) is 2.93. The van der Waals surface area contributed by atoms with Crippen LogP contribution in [0.1, 0.15) is 31.4 Å². The molecule has 23 heavy (non-hydrogen) atoms. The zero-order valence-corrected chi connectivity index (χ0v) is 14.5. The van der Waals surface area contributed by atoms with Gasteiger partial charge in [-0.25, -0.2) is 0 Å². The van der Waals surface area contributed by atoms with Crippen LogP contribution in [0.15, 0.2) is 54.7 Å². The summed E-state index contributed by atoms with van der Waals surface area (Å²) in [6.45, 7) is 6.12. The van der Waals surface area contributed by atoms with Gasteiger partial charge in [0.2, 0.25) is 0 Å². The second-order valence-corrected chi connectivity index (χ2v) is 6.49. The van der Waals surface area contributed by atoms with E-state index in [1.807, 2.05) is 18.2 Å². The van der Waals surface area contributed by atoms with Crippen LogP contribution in [-0.2, 0) is 13.1 Å². The molecule has 1 aromatic heterocycles. The van der Waals surface area contributed by atoms with Crippen LogP contribution < -0.4 is 5.32 Å². The fraction of sp³-hybridized carbons (Fsp3) is 0.300. The summed E-state index contributed by atoms with van der Waals surface area (Å²) in [4.78, 5) is 0. The van der Waals surface area contributed by atoms with Crippen molar-refractivity contribution in [2.24, 2.45) is 0 Å². The molecule has 0 aliphatic rings. The van der Waals surface area contributed by atoms with E-state index in [0.29, 0.717) is 6.04 Å². The molecule has 3 rings (SSSR count). The molecule has 1 atom stereocenters. The van der Waals surface area contributed by atoms with Crippen molar-refractivity contribution in [1.82, 2.24) is 9.88 Å². The molecule has 3 heteroatoms. The van der Waals surface area contributed by atoms with Gasteiger partial charge in [-0.2, -0.15) is 0 Å². The maximum Gasteiger partial charge on any atom is 0.0491 e. The number of benzene rings is 2. The third kappa shape index (κ3) is 3.60. The predicted molar refractivity (Wildman–Crippen MR) is 99.1 cm³/mol. The summed E-state index contributed by atoms with van der Waals surface area (Å²) in [6, 6.07) is 17.2. The van der Waals surface area contributed by atoms with Crippen LogP contribution in [0.4, 0.5) is 0 Å². The Hall–Kier alpha value is -1.77. The highest BCUT2D eigenvalue weighted by Gasteiger charge is 2.10. The van der Waals surface area contributed by atoms with Crippen LogP contribution in [0.3, 0.4) is 0 Å². The summed E-state index contributed by atoms with van der Waals surface area (Å²) in [7, 11) is 0. The van der Waals surface area contributed by atoms with Gasteiger partial charge in [0.25, 0.3) is 0 Å². The molecule has 0 aliphatic heterocycles. The van der Waals surface area contributed by atoms with E-state index in [1.54, 1.807) is 0 Å². The van der Waals surface area contributed by atoms with E-state index in [0.717, 1.165) is 30.1 Å². The van der Waals surface area contributed by atoms with Gasteiger partial charge in [0.1, 0.15) is 0 Å². The molecule has 0 aliphatic carbocycles. The fourth-order valence-corrected chi connectivity index (χ4v) is 3.03. The topological polar surface area (TPSA) is 17.0 Å². The van der Waals surface area contributed by atoms with E-state index in [4.69, 9.17) is 11.6 Å². The lowest BCUT2D eigenvalue weighted by molar-refractivity contribution is 0.535. The molecule has 2 nitrogen and oxygen atoms in total. The first-order valence-electron chi connectivity index (χ1n) is 8.22. The highest BCUT2D eigenvalue weighted by atomic mass is 35.5. The Kier molecular flexibility index (Phi) is 5.04. The summed E-state index contributed by atoms with van der Waals surface area (Å²) in [6.07, 6.45) is 3.39. The standard InChI is InChI=1S/C20H23ClN2/c1-3-15(2)22-12-17-14-23(20-11-7-5-9-18(17)20)13-16-8-4-6-10-19(16)21/h4-11,14-15,22H,3,12-13H2,1-2H3/t15-/m1/s1. The van der Waals surface area contributed by atoms with Crippen LogP contribution >= 0.6 is 11.6 Å². The third-order valence-corrected chi connectivity index (χ3v) is 4.79. The Bertz CT molecular complexity index is 791. The first-order valence-corrected chi connectivity index (χ1v) is 8.60. The molecule has 1 N–H and O–H groups in total. The fourth-order valence-electron chi connectivity index (χ4n) is 2.83. The van der Waals surface area contributed by atoms with E-state index >= 15 is 0 Å². The van der Waals surface area contributed by atoms with Crippen molar-refractivity contribution in [2.45, 2.75) is 39.4 Å². The molecule has 0 fully saturated rings. The number of nitrogens with zero attached hydrogens (tertiary/aromatic N) is 1. The molecule has 1 heterocycles. The lowest BCUT2D eigenvalue weighted by Gasteiger charge is -2.10. The van der Waals surface area contributed by atoms with Crippen molar-refractivity contribution < 1.29 is 0 Å². The molecule has 0 spiro atoms. The van der Waals surface area contributed by atoms with Gasteiger partial charge >= 0.3 is 0 Å². The van der Waals surface area contributed by atoms with Crippen LogP contribution in [0.5, 0.6) is 0 Å². The molecule has 0 radical (unpaired) electrons. The Labute approximate surface area is 143 Å². The molecule has 3 aromatic rings. The zero-order chi connectivity index (χ0) is 16.2. The lowest BCUT2D eigenvalue weighted by Crippen LogP contribution is -2.24. The Morgan fingerprint density at radius 3 is 2.57 bits per heavy atom. The minimum absolute atomic E-state index is 0.528. The summed E-state index contributed by atoms with van der Waals surface area (Å²) in [5.74, 6) is 0. The van der Waals surface area contributed by atoms with E-state index in [9.17, 15) is 0 Å². The van der Waals surface area contributed by atoms with Crippen molar-refractivity contribution in [3.8, 4) is 0 Å². The van der Waals surface area contributed by atoms with Gasteiger partial charge in [0, 0.05) is 41.3 Å². The van der Waals surface area contributed by atoms with E-state index < -0.39 is 0 Å². The number of nitrogens with one attached hydrogen (secondary N) is 1. The first kappa shape index (κ1) is 16.1. The minimum atomic E-state index is 0.528. The van der Waals surface area contributed by atoms with Gasteiger partial charge < -0.3 is 9.88 Å². The van der Waals surface area contributed by atoms with E-state index in [-0.39, 0.29) is 0 Å². The molecular formula is C20H23ClN2. The molecule has 2 aromatic carbocycles. The first-order chi connectivity index (χ1) is 11.2. The summed E-state index contributed by atoms with van der Waals surface area (Å²) in [5.41, 5.74) is 3.75. The number of rotatable bonds is 6. The average molecular weight is 327 g/mol. The molecule has 0 saturated carbocycles. The van der Waals surface area contributed by atoms with Crippen LogP contribution in [0.2, 0.25) is 5.02 Å². The van der Waals surface area contributed by atoms with Gasteiger partial charge in [-0.1, -0.05) is 54.9 Å². The lowest BCUT2D eigenvalue weighted by atomic mass is 10.1. The zero-order valence-electron chi connectivity index (χ0n) is 13.7. The monoisotopic (exact) mass is 326 g/mol. The summed E-state index contributed by atoms with van der Waals surface area (Å²) < 4.78 is 2.30. The smallest absolute Gasteiger partial charge is 0.0491 e. The van der Waals surface area contributed by atoms with Crippen molar-refractivity contribution in [3.05, 3.63) is 70.9 Å². The minimum Gasteiger partial charge on any atom is -0.343 e. The Balaban J connectivity index is 1.93. The molecule has 120 valence electrons. The van der Waals surface area contributed by atoms with Crippen molar-refractivity contribution in [2.75, 3.05) is 0 Å². The van der Waals surface area contributed by atoms with E-state index in [2.05, 4.69) is 60.3 Å². The number of para-hydroxylation sites is 1. The van der Waals surface area contributed by atoms with Crippen molar-refractivity contribution >= 4 is 22.5 Å². The molecule has 0 bridgehead atoms. The summed E-state index contributed by atoms with van der Waals surface area (Å²) in [5, 5.41) is 5.73. The van der Waals surface area contributed by atoms with Gasteiger partial charge in [-0.05, 0) is 36.6 Å². The highest BCUT2D eigenvalue weighted by molar-refractivity contribution is 6.31. The van der Waals surface area contributed by atoms with Crippen molar-refractivity contribution in [1.29, 1.82) is 0 Å². The molecular weight excluding hydrogens is 304 g/mol.